The first-order valence-electron chi connectivity index (χ1n) is 7.89. The van der Waals surface area contributed by atoms with Crippen LogP contribution in [-0.2, 0) is 16.4 Å². The molecule has 0 aliphatic heterocycles. The van der Waals surface area contributed by atoms with Crippen molar-refractivity contribution in [1.29, 1.82) is 0 Å². The first-order valence-corrected chi connectivity index (χ1v) is 10.4. The summed E-state index contributed by atoms with van der Waals surface area (Å²) in [7, 11) is -3.17. The molecule has 120 valence electrons. The lowest BCUT2D eigenvalue weighted by Gasteiger charge is -2.23. The Kier molecular flexibility index (Phi) is 6.67. The van der Waals surface area contributed by atoms with E-state index in [0.29, 0.717) is 0 Å². The minimum absolute atomic E-state index is 0.0109. The Hall–Kier alpha value is -0.430. The van der Waals surface area contributed by atoms with Crippen LogP contribution in [0.3, 0.4) is 0 Å². The molecule has 1 atom stereocenters. The Bertz CT molecular complexity index is 526. The smallest absolute Gasteiger partial charge is 0.212 e. The van der Waals surface area contributed by atoms with Crippen LogP contribution in [0, 0.1) is 0 Å². The zero-order valence-electron chi connectivity index (χ0n) is 12.7. The molecule has 0 fully saturated rings. The zero-order chi connectivity index (χ0) is 15.1. The topological polar surface area (TPSA) is 58.2 Å². The first-order chi connectivity index (χ1) is 10.1. The third-order valence-electron chi connectivity index (χ3n) is 3.82. The summed E-state index contributed by atoms with van der Waals surface area (Å²) in [6.45, 7) is 4.04. The molecule has 1 unspecified atom stereocenters. The Balaban J connectivity index is 1.77. The van der Waals surface area contributed by atoms with Crippen molar-refractivity contribution in [3.8, 4) is 0 Å². The molecule has 1 aliphatic rings. The molecule has 1 aromatic heterocycles. The van der Waals surface area contributed by atoms with Crippen molar-refractivity contribution in [3.63, 3.8) is 0 Å². The summed E-state index contributed by atoms with van der Waals surface area (Å²) >= 11 is 1.74. The number of nitrogens with one attached hydrogen (secondary N) is 2. The van der Waals surface area contributed by atoms with Crippen LogP contribution in [0.25, 0.3) is 0 Å². The maximum absolute atomic E-state index is 12.2. The summed E-state index contributed by atoms with van der Waals surface area (Å²) in [5, 5.41) is 5.36. The predicted molar refractivity (Wildman–Crippen MR) is 89.3 cm³/mol. The summed E-state index contributed by atoms with van der Waals surface area (Å²) in [4.78, 5) is 1.35. The van der Waals surface area contributed by atoms with E-state index >= 15 is 0 Å². The fraction of sp³-hybridized carbons (Fsp3) is 0.733. The van der Waals surface area contributed by atoms with Crippen molar-refractivity contribution in [3.05, 3.63) is 21.9 Å². The van der Waals surface area contributed by atoms with E-state index in [1.54, 1.807) is 11.3 Å². The van der Waals surface area contributed by atoms with Crippen LogP contribution in [0.2, 0.25) is 0 Å². The van der Waals surface area contributed by atoms with Crippen molar-refractivity contribution >= 4 is 21.4 Å². The van der Waals surface area contributed by atoms with Gasteiger partial charge in [-0.15, -0.1) is 11.3 Å². The summed E-state index contributed by atoms with van der Waals surface area (Å²) in [6.07, 6.45) is 5.83. The van der Waals surface area contributed by atoms with Crippen LogP contribution >= 0.6 is 11.3 Å². The van der Waals surface area contributed by atoms with E-state index in [1.165, 1.54) is 10.4 Å². The van der Waals surface area contributed by atoms with Gasteiger partial charge in [0.05, 0.1) is 5.75 Å². The molecule has 2 rings (SSSR count). The van der Waals surface area contributed by atoms with Crippen molar-refractivity contribution in [2.24, 2.45) is 0 Å². The van der Waals surface area contributed by atoms with Gasteiger partial charge in [-0.3, -0.25) is 0 Å². The number of sulfonamides is 1. The van der Waals surface area contributed by atoms with Gasteiger partial charge in [-0.2, -0.15) is 0 Å². The summed E-state index contributed by atoms with van der Waals surface area (Å²) in [5.41, 5.74) is 1.19. The molecule has 4 nitrogen and oxygen atoms in total. The molecular weight excluding hydrogens is 304 g/mol. The standard InChI is InChI=1S/C15H26N2O2S2/c1-2-9-16-10-3-4-12-21(18,19)17-14-6-5-7-15-13(14)8-11-20-15/h8,11,14,16-17H,2-7,9-10,12H2,1H3. The molecule has 21 heavy (non-hydrogen) atoms. The molecule has 0 amide bonds. The molecule has 0 radical (unpaired) electrons. The number of thiophene rings is 1. The molecule has 2 N–H and O–H groups in total. The van der Waals surface area contributed by atoms with E-state index < -0.39 is 10.0 Å². The summed E-state index contributed by atoms with van der Waals surface area (Å²) < 4.78 is 27.3. The number of aryl methyl sites for hydroxylation is 1. The largest absolute Gasteiger partial charge is 0.317 e. The summed E-state index contributed by atoms with van der Waals surface area (Å²) in [5.74, 6) is 0.233. The lowest BCUT2D eigenvalue weighted by Crippen LogP contribution is -2.32. The van der Waals surface area contributed by atoms with Crippen LogP contribution in [-0.4, -0.2) is 27.3 Å². The highest BCUT2D eigenvalue weighted by molar-refractivity contribution is 7.89. The van der Waals surface area contributed by atoms with Gasteiger partial charge < -0.3 is 5.32 Å². The average molecular weight is 331 g/mol. The molecule has 0 bridgehead atoms. The van der Waals surface area contributed by atoms with Gasteiger partial charge in [-0.25, -0.2) is 13.1 Å². The third-order valence-corrected chi connectivity index (χ3v) is 6.28. The molecule has 0 aromatic carbocycles. The highest BCUT2D eigenvalue weighted by Crippen LogP contribution is 2.33. The number of hydrogen-bond acceptors (Lipinski definition) is 4. The van der Waals surface area contributed by atoms with Crippen LogP contribution < -0.4 is 10.0 Å². The van der Waals surface area contributed by atoms with Crippen LogP contribution in [0.15, 0.2) is 11.4 Å². The van der Waals surface area contributed by atoms with E-state index in [-0.39, 0.29) is 11.8 Å². The quantitative estimate of drug-likeness (QED) is 0.685. The lowest BCUT2D eigenvalue weighted by atomic mass is 9.95. The Morgan fingerprint density at radius 2 is 2.19 bits per heavy atom. The van der Waals surface area contributed by atoms with Crippen molar-refractivity contribution < 1.29 is 8.42 Å². The van der Waals surface area contributed by atoms with E-state index in [4.69, 9.17) is 0 Å². The first kappa shape index (κ1) is 16.9. The number of fused-ring (bicyclic) bond motifs is 1. The van der Waals surface area contributed by atoms with Gasteiger partial charge in [-0.1, -0.05) is 6.92 Å². The molecule has 6 heteroatoms. The predicted octanol–water partition coefficient (Wildman–Crippen LogP) is 2.82. The maximum Gasteiger partial charge on any atom is 0.212 e. The van der Waals surface area contributed by atoms with Gasteiger partial charge in [0.25, 0.3) is 0 Å². The van der Waals surface area contributed by atoms with Gasteiger partial charge >= 0.3 is 0 Å². The molecule has 1 aliphatic carbocycles. The Morgan fingerprint density at radius 3 is 3.00 bits per heavy atom. The van der Waals surface area contributed by atoms with Crippen LogP contribution in [0.4, 0.5) is 0 Å². The zero-order valence-corrected chi connectivity index (χ0v) is 14.4. The molecular formula is C15H26N2O2S2. The van der Waals surface area contributed by atoms with Gasteiger partial charge in [0.2, 0.25) is 10.0 Å². The van der Waals surface area contributed by atoms with E-state index in [9.17, 15) is 8.42 Å². The number of rotatable bonds is 9. The van der Waals surface area contributed by atoms with Gasteiger partial charge in [0, 0.05) is 10.9 Å². The lowest BCUT2D eigenvalue weighted by molar-refractivity contribution is 0.509. The van der Waals surface area contributed by atoms with E-state index in [0.717, 1.165) is 51.6 Å². The molecule has 0 spiro atoms. The highest BCUT2D eigenvalue weighted by atomic mass is 32.2. The molecule has 1 heterocycles. The third kappa shape index (κ3) is 5.36. The minimum Gasteiger partial charge on any atom is -0.317 e. The second-order valence-corrected chi connectivity index (χ2v) is 8.51. The van der Waals surface area contributed by atoms with Crippen molar-refractivity contribution in [2.75, 3.05) is 18.8 Å². The summed E-state index contributed by atoms with van der Waals surface area (Å²) in [6, 6.07) is 2.06. The Morgan fingerprint density at radius 1 is 1.33 bits per heavy atom. The molecule has 0 saturated carbocycles. The van der Waals surface area contributed by atoms with Gasteiger partial charge in [-0.05, 0) is 68.6 Å². The van der Waals surface area contributed by atoms with Gasteiger partial charge in [0.1, 0.15) is 0 Å². The van der Waals surface area contributed by atoms with Crippen LogP contribution in [0.1, 0.15) is 55.5 Å². The monoisotopic (exact) mass is 330 g/mol. The van der Waals surface area contributed by atoms with Crippen molar-refractivity contribution in [2.45, 2.75) is 51.5 Å². The maximum atomic E-state index is 12.2. The second kappa shape index (κ2) is 8.27. The van der Waals surface area contributed by atoms with Gasteiger partial charge in [0.15, 0.2) is 0 Å². The number of hydrogen-bond donors (Lipinski definition) is 2. The fourth-order valence-electron chi connectivity index (χ4n) is 2.73. The molecule has 1 aromatic rings. The van der Waals surface area contributed by atoms with E-state index in [1.807, 2.05) is 0 Å². The number of unbranched alkanes of at least 4 members (excludes halogenated alkanes) is 1. The molecule has 0 saturated heterocycles. The minimum atomic E-state index is -3.17. The van der Waals surface area contributed by atoms with Crippen molar-refractivity contribution in [1.82, 2.24) is 10.0 Å². The normalized spacial score (nSPS) is 18.6. The van der Waals surface area contributed by atoms with Crippen LogP contribution in [0.5, 0.6) is 0 Å². The average Bonchev–Trinajstić information content (AvgIpc) is 2.92. The Labute approximate surface area is 132 Å². The SMILES string of the molecule is CCCNCCCCS(=O)(=O)NC1CCCc2sccc21. The highest BCUT2D eigenvalue weighted by Gasteiger charge is 2.25. The second-order valence-electron chi connectivity index (χ2n) is 5.64. The van der Waals surface area contributed by atoms with E-state index in [2.05, 4.69) is 28.4 Å². The fourth-order valence-corrected chi connectivity index (χ4v) is 5.10.